The minimum atomic E-state index is -4.59. The number of rotatable bonds is 5. The number of para-hydroxylation sites is 1. The van der Waals surface area contributed by atoms with Gasteiger partial charge in [0.05, 0.1) is 17.1 Å². The fourth-order valence-electron chi connectivity index (χ4n) is 4.21. The van der Waals surface area contributed by atoms with E-state index in [-0.39, 0.29) is 29.0 Å². The quantitative estimate of drug-likeness (QED) is 0.250. The Kier molecular flexibility index (Phi) is 6.69. The summed E-state index contributed by atoms with van der Waals surface area (Å²) < 4.78 is 49.3. The van der Waals surface area contributed by atoms with Crippen LogP contribution in [0.4, 0.5) is 24.7 Å². The van der Waals surface area contributed by atoms with Crippen molar-refractivity contribution in [1.29, 1.82) is 0 Å². The fourth-order valence-corrected chi connectivity index (χ4v) is 5.07. The summed E-state index contributed by atoms with van der Waals surface area (Å²) in [6.45, 7) is 0.220. The van der Waals surface area contributed by atoms with Crippen molar-refractivity contribution in [3.05, 3.63) is 99.0 Å². The molecular weight excluding hydrogens is 605 g/mol. The van der Waals surface area contributed by atoms with E-state index in [9.17, 15) is 18.0 Å². The maximum Gasteiger partial charge on any atom is 0.410 e. The lowest BCUT2D eigenvalue weighted by atomic mass is 10.0. The van der Waals surface area contributed by atoms with Crippen molar-refractivity contribution in [1.82, 2.24) is 9.78 Å². The van der Waals surface area contributed by atoms with E-state index in [2.05, 4.69) is 42.3 Å². The van der Waals surface area contributed by atoms with Gasteiger partial charge in [0.15, 0.2) is 16.4 Å². The summed E-state index contributed by atoms with van der Waals surface area (Å²) in [5.74, 6) is -0.116. The van der Waals surface area contributed by atoms with Crippen molar-refractivity contribution < 1.29 is 22.4 Å². The second kappa shape index (κ2) is 9.78. The number of benzene rings is 2. The summed E-state index contributed by atoms with van der Waals surface area (Å²) in [6, 6.07) is 18.8. The van der Waals surface area contributed by atoms with Crippen LogP contribution in [-0.2, 0) is 6.54 Å². The first kappa shape index (κ1) is 24.6. The molecule has 5 rings (SSSR count). The molecular formula is C25H19Br2F3N4O2. The number of nitrogens with one attached hydrogen (secondary N) is 1. The highest BCUT2D eigenvalue weighted by Crippen LogP contribution is 2.47. The Hall–Kier alpha value is -3.05. The Balaban J connectivity index is 1.56. The monoisotopic (exact) mass is 622 g/mol. The van der Waals surface area contributed by atoms with Gasteiger partial charge >= 0.3 is 6.18 Å². The molecule has 2 atom stereocenters. The Morgan fingerprint density at radius 2 is 1.72 bits per heavy atom. The molecule has 2 aromatic carbocycles. The van der Waals surface area contributed by atoms with Gasteiger partial charge in [-0.05, 0) is 61.7 Å². The van der Waals surface area contributed by atoms with Gasteiger partial charge in [-0.3, -0.25) is 4.79 Å². The third kappa shape index (κ3) is 4.81. The number of alkyl halides is 3. The maximum atomic E-state index is 14.1. The van der Waals surface area contributed by atoms with Gasteiger partial charge in [-0.25, -0.2) is 4.68 Å². The normalized spacial score (nSPS) is 17.4. The fraction of sp³-hybridized carbons (Fsp3) is 0.200. The second-order valence-corrected chi connectivity index (χ2v) is 9.87. The van der Waals surface area contributed by atoms with Crippen LogP contribution < -0.4 is 10.2 Å². The van der Waals surface area contributed by atoms with Crippen LogP contribution in [0, 0.1) is 0 Å². The molecule has 1 amide bonds. The first-order valence-electron chi connectivity index (χ1n) is 11.0. The molecule has 0 saturated heterocycles. The Bertz CT molecular complexity index is 1370. The molecule has 36 heavy (non-hydrogen) atoms. The summed E-state index contributed by atoms with van der Waals surface area (Å²) in [5.41, 5.74) is 1.35. The Morgan fingerprint density at radius 3 is 2.33 bits per heavy atom. The number of carbonyl (C=O) groups is 1. The minimum absolute atomic E-state index is 0.0668. The van der Waals surface area contributed by atoms with Crippen molar-refractivity contribution in [3.63, 3.8) is 0 Å². The highest BCUT2D eigenvalue weighted by Gasteiger charge is 2.48. The van der Waals surface area contributed by atoms with E-state index in [0.29, 0.717) is 16.1 Å². The number of nitrogens with zero attached hydrogens (tertiary/aromatic N) is 3. The van der Waals surface area contributed by atoms with Crippen LogP contribution in [0.15, 0.2) is 86.4 Å². The zero-order valence-corrected chi connectivity index (χ0v) is 21.7. The molecule has 0 saturated carbocycles. The second-order valence-electron chi connectivity index (χ2n) is 8.30. The predicted molar refractivity (Wildman–Crippen MR) is 136 cm³/mol. The van der Waals surface area contributed by atoms with Crippen LogP contribution in [-0.4, -0.2) is 21.9 Å². The number of halogens is 5. The van der Waals surface area contributed by atoms with Crippen LogP contribution in [0.1, 0.15) is 40.3 Å². The minimum Gasteiger partial charge on any atom is -0.452 e. The zero-order valence-electron chi connectivity index (χ0n) is 18.5. The molecule has 186 valence electrons. The van der Waals surface area contributed by atoms with Gasteiger partial charge in [0.1, 0.15) is 11.6 Å². The Labute approximate surface area is 221 Å². The maximum absolute atomic E-state index is 14.1. The van der Waals surface area contributed by atoms with Gasteiger partial charge in [-0.2, -0.15) is 18.3 Å². The molecule has 0 radical (unpaired) electrons. The van der Waals surface area contributed by atoms with Gasteiger partial charge in [0.2, 0.25) is 0 Å². The van der Waals surface area contributed by atoms with E-state index in [1.54, 1.807) is 36.4 Å². The van der Waals surface area contributed by atoms with Crippen molar-refractivity contribution in [3.8, 4) is 0 Å². The molecule has 0 bridgehead atoms. The number of anilines is 2. The molecule has 0 spiro atoms. The summed E-state index contributed by atoms with van der Waals surface area (Å²) in [6.07, 6.45) is -4.93. The highest BCUT2D eigenvalue weighted by molar-refractivity contribution is 9.10. The van der Waals surface area contributed by atoms with Crippen molar-refractivity contribution in [2.45, 2.75) is 31.2 Å². The summed E-state index contributed by atoms with van der Waals surface area (Å²) in [5, 5.41) is 7.24. The smallest absolute Gasteiger partial charge is 0.410 e. The number of fused-ring (bicyclic) bond motifs is 1. The summed E-state index contributed by atoms with van der Waals surface area (Å²) in [4.78, 5) is 15.3. The lowest BCUT2D eigenvalue weighted by Gasteiger charge is -2.32. The van der Waals surface area contributed by atoms with E-state index in [1.807, 2.05) is 36.4 Å². The molecule has 1 N–H and O–H groups in total. The van der Waals surface area contributed by atoms with Gasteiger partial charge in [0.25, 0.3) is 5.91 Å². The van der Waals surface area contributed by atoms with Crippen molar-refractivity contribution >= 4 is 49.3 Å². The van der Waals surface area contributed by atoms with E-state index in [1.165, 1.54) is 4.90 Å². The zero-order chi connectivity index (χ0) is 25.4. The summed E-state index contributed by atoms with van der Waals surface area (Å²) in [7, 11) is 0. The molecule has 6 nitrogen and oxygen atoms in total. The number of hydrogen-bond acceptors (Lipinski definition) is 4. The van der Waals surface area contributed by atoms with Gasteiger partial charge < -0.3 is 14.6 Å². The molecule has 11 heteroatoms. The first-order valence-corrected chi connectivity index (χ1v) is 12.6. The molecule has 4 aromatic rings. The van der Waals surface area contributed by atoms with Crippen LogP contribution in [0.5, 0.6) is 0 Å². The van der Waals surface area contributed by atoms with E-state index in [0.717, 1.165) is 10.2 Å². The average Bonchev–Trinajstić information content (AvgIpc) is 3.45. The number of hydrogen-bond donors (Lipinski definition) is 1. The Morgan fingerprint density at radius 1 is 1.06 bits per heavy atom. The first-order chi connectivity index (χ1) is 17.2. The largest absolute Gasteiger partial charge is 0.452 e. The average molecular weight is 624 g/mol. The molecule has 0 unspecified atom stereocenters. The van der Waals surface area contributed by atoms with Crippen LogP contribution in [0.3, 0.4) is 0 Å². The number of amides is 1. The van der Waals surface area contributed by atoms with Crippen molar-refractivity contribution in [2.75, 3.05) is 10.2 Å². The number of carbonyl (C=O) groups excluding carboxylic acids is 1. The van der Waals surface area contributed by atoms with Gasteiger partial charge in [0, 0.05) is 12.1 Å². The third-order valence-corrected chi connectivity index (χ3v) is 7.11. The van der Waals surface area contributed by atoms with E-state index in [4.69, 9.17) is 4.42 Å². The topological polar surface area (TPSA) is 63.3 Å². The molecule has 0 fully saturated rings. The van der Waals surface area contributed by atoms with Gasteiger partial charge in [-0.15, -0.1) is 0 Å². The predicted octanol–water partition coefficient (Wildman–Crippen LogP) is 7.51. The summed E-state index contributed by atoms with van der Waals surface area (Å²) >= 11 is 6.56. The standard InChI is InChI=1S/C25H19Br2F3N4O2/c26-20-12-11-18(36-20)17-13-19(25(28,29)30)34-23(31-17)21(27)22(32-34)24(35)33(16-9-5-2-6-10-16)14-15-7-3-1-4-8-15/h1-12,17,19,31H,13-14H2/t17-,19-/m1/s1. The van der Waals surface area contributed by atoms with Crippen LogP contribution in [0.25, 0.3) is 0 Å². The van der Waals surface area contributed by atoms with Crippen LogP contribution in [0.2, 0.25) is 0 Å². The molecule has 1 aliphatic heterocycles. The number of aromatic nitrogens is 2. The molecule has 3 heterocycles. The SMILES string of the molecule is O=C(c1nn2c(c1Br)N[C@@H](c1ccc(Br)o1)C[C@@H]2C(F)(F)F)N(Cc1ccccc1)c1ccccc1. The molecule has 0 aliphatic carbocycles. The van der Waals surface area contributed by atoms with Crippen molar-refractivity contribution in [2.24, 2.45) is 0 Å². The third-order valence-electron chi connectivity index (χ3n) is 5.93. The lowest BCUT2D eigenvalue weighted by molar-refractivity contribution is -0.174. The van der Waals surface area contributed by atoms with E-state index >= 15 is 0 Å². The van der Waals surface area contributed by atoms with Crippen LogP contribution >= 0.6 is 31.9 Å². The van der Waals surface area contributed by atoms with Gasteiger partial charge in [-0.1, -0.05) is 48.5 Å². The molecule has 1 aliphatic rings. The number of furan rings is 1. The molecule has 2 aromatic heterocycles. The van der Waals surface area contributed by atoms with E-state index < -0.39 is 24.2 Å². The lowest BCUT2D eigenvalue weighted by Crippen LogP contribution is -2.36. The highest BCUT2D eigenvalue weighted by atomic mass is 79.9.